The van der Waals surface area contributed by atoms with Crippen molar-refractivity contribution in [3.8, 4) is 0 Å². The fraction of sp³-hybridized carbons (Fsp3) is 0.400. The molecule has 1 aliphatic heterocycles. The van der Waals surface area contributed by atoms with E-state index >= 15 is 0 Å². The van der Waals surface area contributed by atoms with Gasteiger partial charge in [-0.15, -0.1) is 0 Å². The number of nitrogens with zero attached hydrogens (tertiary/aromatic N) is 1. The minimum absolute atomic E-state index is 0.175. The van der Waals surface area contributed by atoms with Gasteiger partial charge in [0.2, 0.25) is 0 Å². The summed E-state index contributed by atoms with van der Waals surface area (Å²) in [6.07, 6.45) is 0. The molecule has 0 aliphatic carbocycles. The largest absolute Gasteiger partial charge is 0.427 e. The number of carbonyl (C=O) groups is 1. The predicted octanol–water partition coefficient (Wildman–Crippen LogP) is 0.392. The summed E-state index contributed by atoms with van der Waals surface area (Å²) in [5.41, 5.74) is 1.97. The van der Waals surface area contributed by atoms with Crippen LogP contribution in [-0.2, 0) is 0 Å². The predicted molar refractivity (Wildman–Crippen MR) is 101 cm³/mol. The van der Waals surface area contributed by atoms with Gasteiger partial charge in [0.15, 0.2) is 0 Å². The Balaban J connectivity index is 1.46. The molecule has 0 spiro atoms. The number of carbonyl (C=O) groups excluding carboxylic acids is 1. The minimum Gasteiger partial charge on any atom is -0.427 e. The third-order valence-electron chi connectivity index (χ3n) is 4.92. The minimum atomic E-state index is -0.419. The van der Waals surface area contributed by atoms with Gasteiger partial charge < -0.3 is 19.5 Å². The molecule has 2 aromatic rings. The van der Waals surface area contributed by atoms with E-state index in [1.807, 2.05) is 6.07 Å². The van der Waals surface area contributed by atoms with Crippen LogP contribution in [0, 0.1) is 13.8 Å². The summed E-state index contributed by atoms with van der Waals surface area (Å²) in [6, 6.07) is 11.8. The molecular weight excluding hydrogens is 330 g/mol. The van der Waals surface area contributed by atoms with Crippen LogP contribution in [0.25, 0.3) is 0 Å². The van der Waals surface area contributed by atoms with E-state index in [1.54, 1.807) is 13.8 Å². The Hall–Kier alpha value is -2.60. The lowest BCUT2D eigenvalue weighted by atomic mass is 10.1. The maximum absolute atomic E-state index is 12.4. The SMILES string of the molecule is Cc1cc(=O)oc(C)c1C(=O)NCC[NH+]1CCN(c2ccccc2)CC1. The summed E-state index contributed by atoms with van der Waals surface area (Å²) >= 11 is 0. The van der Waals surface area contributed by atoms with Gasteiger partial charge in [0, 0.05) is 11.8 Å². The van der Waals surface area contributed by atoms with Crippen molar-refractivity contribution in [3.63, 3.8) is 0 Å². The quantitative estimate of drug-likeness (QED) is 0.814. The molecule has 26 heavy (non-hydrogen) atoms. The number of amides is 1. The van der Waals surface area contributed by atoms with Crippen LogP contribution in [0.3, 0.4) is 0 Å². The van der Waals surface area contributed by atoms with Gasteiger partial charge in [-0.25, -0.2) is 4.79 Å². The van der Waals surface area contributed by atoms with Crippen LogP contribution in [0.1, 0.15) is 21.7 Å². The number of hydrogen-bond acceptors (Lipinski definition) is 4. The van der Waals surface area contributed by atoms with Gasteiger partial charge in [0.1, 0.15) is 5.76 Å². The lowest BCUT2D eigenvalue weighted by Gasteiger charge is -2.33. The second-order valence-corrected chi connectivity index (χ2v) is 6.76. The second kappa shape index (κ2) is 8.19. The van der Waals surface area contributed by atoms with Gasteiger partial charge in [-0.2, -0.15) is 0 Å². The smallest absolute Gasteiger partial charge is 0.336 e. The lowest BCUT2D eigenvalue weighted by molar-refractivity contribution is -0.899. The molecule has 6 heteroatoms. The second-order valence-electron chi connectivity index (χ2n) is 6.76. The third-order valence-corrected chi connectivity index (χ3v) is 4.92. The summed E-state index contributed by atoms with van der Waals surface area (Å²) < 4.78 is 5.03. The number of quaternary nitrogens is 1. The Morgan fingerprint density at radius 2 is 1.88 bits per heavy atom. The molecule has 1 aromatic carbocycles. The van der Waals surface area contributed by atoms with Gasteiger partial charge in [0.25, 0.3) is 5.91 Å². The topological polar surface area (TPSA) is 67.0 Å². The molecule has 1 saturated heterocycles. The summed E-state index contributed by atoms with van der Waals surface area (Å²) in [7, 11) is 0. The van der Waals surface area contributed by atoms with Crippen molar-refractivity contribution in [2.45, 2.75) is 13.8 Å². The molecule has 0 atom stereocenters. The normalized spacial score (nSPS) is 15.1. The Bertz CT molecular complexity index is 783. The highest BCUT2D eigenvalue weighted by Gasteiger charge is 2.20. The fourth-order valence-corrected chi connectivity index (χ4v) is 3.51. The van der Waals surface area contributed by atoms with E-state index < -0.39 is 5.63 Å². The zero-order valence-electron chi connectivity index (χ0n) is 15.4. The number of piperazine rings is 1. The first kappa shape index (κ1) is 18.2. The van der Waals surface area contributed by atoms with Crippen molar-refractivity contribution in [2.24, 2.45) is 0 Å². The monoisotopic (exact) mass is 356 g/mol. The maximum atomic E-state index is 12.4. The van der Waals surface area contributed by atoms with Crippen LogP contribution in [0.4, 0.5) is 5.69 Å². The van der Waals surface area contributed by atoms with Crippen molar-refractivity contribution >= 4 is 11.6 Å². The number of benzene rings is 1. The Labute approximate surface area is 153 Å². The molecule has 1 aliphatic rings. The van der Waals surface area contributed by atoms with Crippen molar-refractivity contribution in [1.29, 1.82) is 0 Å². The molecule has 6 nitrogen and oxygen atoms in total. The van der Waals surface area contributed by atoms with E-state index in [2.05, 4.69) is 34.5 Å². The molecule has 0 saturated carbocycles. The van der Waals surface area contributed by atoms with Crippen LogP contribution < -0.4 is 20.7 Å². The summed E-state index contributed by atoms with van der Waals surface area (Å²) in [6.45, 7) is 9.07. The average Bonchev–Trinajstić information content (AvgIpc) is 2.62. The molecular formula is C20H26N3O3+. The van der Waals surface area contributed by atoms with Gasteiger partial charge in [-0.05, 0) is 31.5 Å². The van der Waals surface area contributed by atoms with Crippen molar-refractivity contribution < 1.29 is 14.1 Å². The van der Waals surface area contributed by atoms with E-state index in [1.165, 1.54) is 16.7 Å². The molecule has 1 amide bonds. The van der Waals surface area contributed by atoms with E-state index in [0.29, 0.717) is 23.4 Å². The van der Waals surface area contributed by atoms with Crippen LogP contribution in [-0.4, -0.2) is 45.2 Å². The lowest BCUT2D eigenvalue weighted by Crippen LogP contribution is -3.15. The summed E-state index contributed by atoms with van der Waals surface area (Å²) in [5.74, 6) is 0.197. The zero-order valence-corrected chi connectivity index (χ0v) is 15.4. The van der Waals surface area contributed by atoms with Gasteiger partial charge in [-0.3, -0.25) is 4.79 Å². The van der Waals surface area contributed by atoms with E-state index in [0.717, 1.165) is 32.7 Å². The Morgan fingerprint density at radius 1 is 1.19 bits per heavy atom. The third kappa shape index (κ3) is 4.32. The number of hydrogen-bond donors (Lipinski definition) is 2. The first-order valence-electron chi connectivity index (χ1n) is 9.07. The summed E-state index contributed by atoms with van der Waals surface area (Å²) in [5, 5.41) is 2.95. The molecule has 138 valence electrons. The number of para-hydroxylation sites is 1. The van der Waals surface area contributed by atoms with Crippen LogP contribution in [0.2, 0.25) is 0 Å². The molecule has 1 fully saturated rings. The average molecular weight is 356 g/mol. The van der Waals surface area contributed by atoms with Crippen molar-refractivity contribution in [1.82, 2.24) is 5.32 Å². The number of anilines is 1. The molecule has 2 N–H and O–H groups in total. The molecule has 0 unspecified atom stereocenters. The molecule has 0 radical (unpaired) electrons. The molecule has 2 heterocycles. The van der Waals surface area contributed by atoms with Gasteiger partial charge in [0.05, 0.1) is 44.8 Å². The Morgan fingerprint density at radius 3 is 2.54 bits per heavy atom. The van der Waals surface area contributed by atoms with E-state index in [-0.39, 0.29) is 5.91 Å². The summed E-state index contributed by atoms with van der Waals surface area (Å²) in [4.78, 5) is 27.6. The van der Waals surface area contributed by atoms with Crippen LogP contribution in [0.5, 0.6) is 0 Å². The number of aryl methyl sites for hydroxylation is 2. The highest BCUT2D eigenvalue weighted by molar-refractivity contribution is 5.96. The zero-order chi connectivity index (χ0) is 18.5. The standard InChI is InChI=1S/C20H25N3O3/c1-15-14-18(24)26-16(2)19(15)20(25)21-8-9-22-10-12-23(13-11-22)17-6-4-3-5-7-17/h3-7,14H,8-13H2,1-2H3,(H,21,25)/p+1. The van der Waals surface area contributed by atoms with Crippen LogP contribution >= 0.6 is 0 Å². The van der Waals surface area contributed by atoms with Gasteiger partial charge in [-0.1, -0.05) is 18.2 Å². The highest BCUT2D eigenvalue weighted by Crippen LogP contribution is 2.12. The van der Waals surface area contributed by atoms with Gasteiger partial charge >= 0.3 is 5.63 Å². The van der Waals surface area contributed by atoms with E-state index in [9.17, 15) is 9.59 Å². The van der Waals surface area contributed by atoms with Crippen molar-refractivity contribution in [3.05, 3.63) is 63.7 Å². The fourth-order valence-electron chi connectivity index (χ4n) is 3.51. The van der Waals surface area contributed by atoms with Crippen LogP contribution in [0.15, 0.2) is 45.6 Å². The Kier molecular flexibility index (Phi) is 5.73. The maximum Gasteiger partial charge on any atom is 0.336 e. The van der Waals surface area contributed by atoms with Crippen molar-refractivity contribution in [2.75, 3.05) is 44.2 Å². The first-order valence-corrected chi connectivity index (χ1v) is 9.07. The molecule has 0 bridgehead atoms. The highest BCUT2D eigenvalue weighted by atomic mass is 16.4. The molecule has 3 rings (SSSR count). The van der Waals surface area contributed by atoms with E-state index in [4.69, 9.17) is 4.42 Å². The number of rotatable bonds is 5. The first-order chi connectivity index (χ1) is 12.5. The molecule has 1 aromatic heterocycles. The number of nitrogens with one attached hydrogen (secondary N) is 2.